The van der Waals surface area contributed by atoms with Crippen molar-refractivity contribution >= 4 is 11.6 Å². The summed E-state index contributed by atoms with van der Waals surface area (Å²) in [6.07, 6.45) is 3.21. The zero-order valence-corrected chi connectivity index (χ0v) is 6.82. The van der Waals surface area contributed by atoms with Gasteiger partial charge in [-0.25, -0.2) is 0 Å². The van der Waals surface area contributed by atoms with E-state index in [2.05, 4.69) is 10.3 Å². The highest BCUT2D eigenvalue weighted by atomic mass is 16.2. The Bertz CT molecular complexity index is 258. The Balaban J connectivity index is 2.59. The van der Waals surface area contributed by atoms with E-state index in [0.717, 1.165) is 0 Å². The molecule has 0 spiro atoms. The Labute approximate surface area is 70.8 Å². The van der Waals surface area contributed by atoms with Gasteiger partial charge in [0.25, 0.3) is 0 Å². The van der Waals surface area contributed by atoms with Crippen LogP contribution in [-0.4, -0.2) is 16.9 Å². The molecule has 0 fully saturated rings. The van der Waals surface area contributed by atoms with Crippen molar-refractivity contribution in [2.75, 3.05) is 5.32 Å². The third-order valence-corrected chi connectivity index (χ3v) is 1.34. The molecule has 64 valence electrons. The lowest BCUT2D eigenvalue weighted by Crippen LogP contribution is -2.32. The minimum atomic E-state index is -0.495. The highest BCUT2D eigenvalue weighted by Gasteiger charge is 2.06. The number of pyridine rings is 1. The molecule has 3 N–H and O–H groups in total. The van der Waals surface area contributed by atoms with Crippen molar-refractivity contribution in [3.8, 4) is 0 Å². The molecule has 0 saturated carbocycles. The van der Waals surface area contributed by atoms with Crippen LogP contribution in [-0.2, 0) is 4.79 Å². The quantitative estimate of drug-likeness (QED) is 0.665. The molecule has 1 heterocycles. The average molecular weight is 165 g/mol. The van der Waals surface area contributed by atoms with E-state index in [4.69, 9.17) is 5.73 Å². The summed E-state index contributed by atoms with van der Waals surface area (Å²) >= 11 is 0. The normalized spacial score (nSPS) is 12.2. The Hall–Kier alpha value is -1.42. The first kappa shape index (κ1) is 8.67. The standard InChI is InChI=1S/C8H11N3O/c1-6(9)8(12)11-7-3-2-4-10-5-7/h2-6H,9H2,1H3,(H,11,12)/t6-/m0/s1. The molecule has 0 aliphatic heterocycles. The Kier molecular flexibility index (Phi) is 2.76. The van der Waals surface area contributed by atoms with Crippen LogP contribution in [0.4, 0.5) is 5.69 Å². The maximum absolute atomic E-state index is 11.0. The second kappa shape index (κ2) is 3.82. The zero-order chi connectivity index (χ0) is 8.97. The Morgan fingerprint density at radius 3 is 3.00 bits per heavy atom. The molecule has 1 rings (SSSR count). The van der Waals surface area contributed by atoms with Gasteiger partial charge in [0.05, 0.1) is 17.9 Å². The second-order valence-corrected chi connectivity index (χ2v) is 2.52. The van der Waals surface area contributed by atoms with E-state index in [-0.39, 0.29) is 5.91 Å². The second-order valence-electron chi connectivity index (χ2n) is 2.52. The third-order valence-electron chi connectivity index (χ3n) is 1.34. The molecule has 0 aromatic carbocycles. The molecule has 1 aromatic heterocycles. The number of aromatic nitrogens is 1. The fraction of sp³-hybridized carbons (Fsp3) is 0.250. The van der Waals surface area contributed by atoms with E-state index in [0.29, 0.717) is 5.69 Å². The third kappa shape index (κ3) is 2.32. The van der Waals surface area contributed by atoms with Crippen LogP contribution in [0.5, 0.6) is 0 Å². The summed E-state index contributed by atoms with van der Waals surface area (Å²) in [5.74, 6) is -0.206. The number of hydrogen-bond donors (Lipinski definition) is 2. The molecule has 1 aromatic rings. The number of nitrogens with two attached hydrogens (primary N) is 1. The predicted octanol–water partition coefficient (Wildman–Crippen LogP) is 0.367. The summed E-state index contributed by atoms with van der Waals surface area (Å²) in [5.41, 5.74) is 6.02. The van der Waals surface area contributed by atoms with Crippen LogP contribution >= 0.6 is 0 Å². The van der Waals surface area contributed by atoms with Crippen LogP contribution in [0.3, 0.4) is 0 Å². The molecule has 12 heavy (non-hydrogen) atoms. The monoisotopic (exact) mass is 165 g/mol. The molecule has 0 aliphatic rings. The minimum Gasteiger partial charge on any atom is -0.323 e. The summed E-state index contributed by atoms with van der Waals surface area (Å²) in [4.78, 5) is 14.9. The molecule has 0 saturated heterocycles. The van der Waals surface area contributed by atoms with Gasteiger partial charge in [0.1, 0.15) is 0 Å². The smallest absolute Gasteiger partial charge is 0.241 e. The number of hydrogen-bond acceptors (Lipinski definition) is 3. The van der Waals surface area contributed by atoms with Crippen LogP contribution in [0.15, 0.2) is 24.5 Å². The number of anilines is 1. The molecule has 1 atom stereocenters. The van der Waals surface area contributed by atoms with Gasteiger partial charge < -0.3 is 11.1 Å². The largest absolute Gasteiger partial charge is 0.323 e. The SMILES string of the molecule is C[C@H](N)C(=O)Nc1cccnc1. The van der Waals surface area contributed by atoms with Gasteiger partial charge in [0.15, 0.2) is 0 Å². The first-order valence-corrected chi connectivity index (χ1v) is 3.66. The summed E-state index contributed by atoms with van der Waals surface area (Å²) in [5, 5.41) is 2.61. The maximum Gasteiger partial charge on any atom is 0.241 e. The van der Waals surface area contributed by atoms with Crippen LogP contribution in [0.2, 0.25) is 0 Å². The van der Waals surface area contributed by atoms with Crippen molar-refractivity contribution in [3.05, 3.63) is 24.5 Å². The lowest BCUT2D eigenvalue weighted by molar-refractivity contribution is -0.117. The molecule has 4 heteroatoms. The number of carbonyl (C=O) groups excluding carboxylic acids is 1. The average Bonchev–Trinajstić information content (AvgIpc) is 2.06. The molecule has 0 aliphatic carbocycles. The summed E-state index contributed by atoms with van der Waals surface area (Å²) in [6, 6.07) is 3.01. The molecular formula is C8H11N3O. The van der Waals surface area contributed by atoms with Gasteiger partial charge in [-0.1, -0.05) is 0 Å². The number of rotatable bonds is 2. The van der Waals surface area contributed by atoms with Gasteiger partial charge in [0.2, 0.25) is 5.91 Å². The first-order valence-electron chi connectivity index (χ1n) is 3.66. The Morgan fingerprint density at radius 2 is 2.50 bits per heavy atom. The van der Waals surface area contributed by atoms with Gasteiger partial charge in [-0.3, -0.25) is 9.78 Å². The van der Waals surface area contributed by atoms with E-state index >= 15 is 0 Å². The van der Waals surface area contributed by atoms with Crippen molar-refractivity contribution in [1.82, 2.24) is 4.98 Å². The highest BCUT2D eigenvalue weighted by molar-refractivity contribution is 5.94. The summed E-state index contributed by atoms with van der Waals surface area (Å²) < 4.78 is 0. The van der Waals surface area contributed by atoms with Crippen LogP contribution in [0.25, 0.3) is 0 Å². The van der Waals surface area contributed by atoms with Crippen molar-refractivity contribution in [3.63, 3.8) is 0 Å². The number of nitrogens with zero attached hydrogens (tertiary/aromatic N) is 1. The maximum atomic E-state index is 11.0. The van der Waals surface area contributed by atoms with Crippen molar-refractivity contribution in [2.24, 2.45) is 5.73 Å². The van der Waals surface area contributed by atoms with Gasteiger partial charge in [-0.15, -0.1) is 0 Å². The van der Waals surface area contributed by atoms with Crippen LogP contribution in [0.1, 0.15) is 6.92 Å². The van der Waals surface area contributed by atoms with Crippen molar-refractivity contribution in [1.29, 1.82) is 0 Å². The van der Waals surface area contributed by atoms with E-state index in [1.807, 2.05) is 0 Å². The zero-order valence-electron chi connectivity index (χ0n) is 6.82. The van der Waals surface area contributed by atoms with Crippen molar-refractivity contribution in [2.45, 2.75) is 13.0 Å². The lowest BCUT2D eigenvalue weighted by Gasteiger charge is -2.05. The van der Waals surface area contributed by atoms with E-state index in [9.17, 15) is 4.79 Å². The molecule has 4 nitrogen and oxygen atoms in total. The molecule has 0 unspecified atom stereocenters. The van der Waals surface area contributed by atoms with Gasteiger partial charge in [-0.2, -0.15) is 0 Å². The number of nitrogens with one attached hydrogen (secondary N) is 1. The first-order chi connectivity index (χ1) is 5.70. The van der Waals surface area contributed by atoms with E-state index in [1.54, 1.807) is 31.5 Å². The lowest BCUT2D eigenvalue weighted by atomic mass is 10.3. The van der Waals surface area contributed by atoms with E-state index in [1.165, 1.54) is 0 Å². The van der Waals surface area contributed by atoms with Gasteiger partial charge in [-0.05, 0) is 19.1 Å². The summed E-state index contributed by atoms with van der Waals surface area (Å²) in [6.45, 7) is 1.63. The van der Waals surface area contributed by atoms with Gasteiger partial charge in [0, 0.05) is 6.20 Å². The number of amides is 1. The molecule has 0 radical (unpaired) electrons. The van der Waals surface area contributed by atoms with Crippen molar-refractivity contribution < 1.29 is 4.79 Å². The predicted molar refractivity (Wildman–Crippen MR) is 46.5 cm³/mol. The van der Waals surface area contributed by atoms with Gasteiger partial charge >= 0.3 is 0 Å². The molecule has 1 amide bonds. The van der Waals surface area contributed by atoms with Crippen LogP contribution < -0.4 is 11.1 Å². The highest BCUT2D eigenvalue weighted by Crippen LogP contribution is 2.02. The number of carbonyl (C=O) groups is 1. The minimum absolute atomic E-state index is 0.206. The fourth-order valence-corrected chi connectivity index (χ4v) is 0.693. The van der Waals surface area contributed by atoms with Crippen LogP contribution in [0, 0.1) is 0 Å². The topological polar surface area (TPSA) is 68.0 Å². The van der Waals surface area contributed by atoms with E-state index < -0.39 is 6.04 Å². The Morgan fingerprint density at radius 1 is 1.75 bits per heavy atom. The summed E-state index contributed by atoms with van der Waals surface area (Å²) in [7, 11) is 0. The molecular weight excluding hydrogens is 154 g/mol. The fourth-order valence-electron chi connectivity index (χ4n) is 0.693. The molecule has 0 bridgehead atoms.